The minimum absolute atomic E-state index is 0.0312. The second-order valence-electron chi connectivity index (χ2n) is 11.9. The second-order valence-corrected chi connectivity index (χ2v) is 11.9. The molecular weight excluding hydrogens is 504 g/mol. The van der Waals surface area contributed by atoms with Crippen LogP contribution in [-0.2, 0) is 30.4 Å². The molecule has 1 aromatic carbocycles. The predicted octanol–water partition coefficient (Wildman–Crippen LogP) is 5.92. The highest BCUT2D eigenvalue weighted by atomic mass is 16.5. The number of methoxy groups -OCH3 is 1. The fourth-order valence-corrected chi connectivity index (χ4v) is 6.92. The van der Waals surface area contributed by atoms with Crippen molar-refractivity contribution in [2.24, 2.45) is 17.3 Å². The molecule has 0 radical (unpaired) electrons. The summed E-state index contributed by atoms with van der Waals surface area (Å²) in [4.78, 5) is 42.6. The molecule has 0 unspecified atom stereocenters. The van der Waals surface area contributed by atoms with Gasteiger partial charge in [0.15, 0.2) is 0 Å². The maximum atomic E-state index is 14.1. The Morgan fingerprint density at radius 3 is 2.48 bits per heavy atom. The zero-order valence-electron chi connectivity index (χ0n) is 24.7. The Hall–Kier alpha value is -2.67. The molecule has 4 rings (SSSR count). The van der Waals surface area contributed by atoms with Crippen LogP contribution < -0.4 is 5.32 Å². The summed E-state index contributed by atoms with van der Waals surface area (Å²) in [6.07, 6.45) is 12.9. The van der Waals surface area contributed by atoms with Crippen LogP contribution in [-0.4, -0.2) is 48.5 Å². The van der Waals surface area contributed by atoms with Crippen LogP contribution in [0.4, 0.5) is 0 Å². The molecule has 1 saturated heterocycles. The summed E-state index contributed by atoms with van der Waals surface area (Å²) in [5.41, 5.74) is 0.637. The lowest BCUT2D eigenvalue weighted by Gasteiger charge is -2.52. The number of rotatable bonds is 13. The number of fused-ring (bicyclic) bond motifs is 1. The minimum Gasteiger partial charge on any atom is -0.468 e. The Balaban J connectivity index is 1.58. The van der Waals surface area contributed by atoms with Crippen molar-refractivity contribution < 1.29 is 23.9 Å². The first kappa shape index (κ1) is 30.3. The number of carbonyl (C=O) groups excluding carboxylic acids is 3. The molecule has 3 aliphatic rings. The number of unbranched alkanes of at least 4 members (excludes halogenated alkanes) is 5. The Morgan fingerprint density at radius 1 is 1.07 bits per heavy atom. The van der Waals surface area contributed by atoms with E-state index in [1.165, 1.54) is 39.2 Å². The lowest BCUT2D eigenvalue weighted by molar-refractivity contribution is -0.177. The van der Waals surface area contributed by atoms with Gasteiger partial charge in [0.25, 0.3) is 0 Å². The molecule has 7 heteroatoms. The third-order valence-electron chi connectivity index (χ3n) is 9.22. The van der Waals surface area contributed by atoms with E-state index in [4.69, 9.17) is 9.47 Å². The maximum absolute atomic E-state index is 14.1. The summed E-state index contributed by atoms with van der Waals surface area (Å²) in [6.45, 7) is 5.09. The molecule has 2 amide bonds. The summed E-state index contributed by atoms with van der Waals surface area (Å²) < 4.78 is 12.0. The number of amides is 2. The number of hydrogen-bond acceptors (Lipinski definition) is 5. The van der Waals surface area contributed by atoms with Crippen LogP contribution in [0.1, 0.15) is 96.5 Å². The first-order valence-electron chi connectivity index (χ1n) is 15.5. The third kappa shape index (κ3) is 6.79. The van der Waals surface area contributed by atoms with Gasteiger partial charge in [0.1, 0.15) is 5.41 Å². The van der Waals surface area contributed by atoms with Gasteiger partial charge in [-0.1, -0.05) is 82.2 Å². The van der Waals surface area contributed by atoms with Crippen molar-refractivity contribution in [3.05, 3.63) is 47.7 Å². The number of esters is 1. The second kappa shape index (κ2) is 14.3. The standard InChI is InChI=1S/C33H48N2O5/c1-4-5-6-7-8-14-19-35-29-21-28(26-17-12-13-18-26)40-24(2)33(29,32(38)39-3)22-27(31(35)37)20-30(36)34-23-25-15-10-9-11-16-25/h9-11,15-16,21,24,26-28H,4-8,12-14,17-20,22-23H2,1-3H3,(H,34,36)/t24-,27+,28-,33+/m1/s1. The quantitative estimate of drug-likeness (QED) is 0.242. The Morgan fingerprint density at radius 2 is 1.77 bits per heavy atom. The van der Waals surface area contributed by atoms with Crippen LogP contribution in [0.3, 0.4) is 0 Å². The van der Waals surface area contributed by atoms with Gasteiger partial charge in [-0.25, -0.2) is 0 Å². The number of hydrogen-bond donors (Lipinski definition) is 1. The molecule has 1 aliphatic carbocycles. The van der Waals surface area contributed by atoms with Crippen molar-refractivity contribution in [2.75, 3.05) is 13.7 Å². The zero-order chi connectivity index (χ0) is 28.5. The number of benzene rings is 1. The monoisotopic (exact) mass is 552 g/mol. The van der Waals surface area contributed by atoms with Crippen molar-refractivity contribution in [1.29, 1.82) is 0 Å². The van der Waals surface area contributed by atoms with E-state index in [0.717, 1.165) is 43.4 Å². The molecule has 220 valence electrons. The normalized spacial score (nSPS) is 26.8. The molecule has 4 atom stereocenters. The molecule has 40 heavy (non-hydrogen) atoms. The van der Waals surface area contributed by atoms with Crippen molar-refractivity contribution >= 4 is 17.8 Å². The van der Waals surface area contributed by atoms with E-state index in [9.17, 15) is 14.4 Å². The van der Waals surface area contributed by atoms with Gasteiger partial charge < -0.3 is 19.7 Å². The molecule has 1 N–H and O–H groups in total. The summed E-state index contributed by atoms with van der Waals surface area (Å²) in [7, 11) is 1.40. The van der Waals surface area contributed by atoms with Crippen molar-refractivity contribution in [2.45, 2.75) is 110 Å². The van der Waals surface area contributed by atoms with Gasteiger partial charge in [0.05, 0.1) is 19.3 Å². The average Bonchev–Trinajstić information content (AvgIpc) is 3.51. The summed E-state index contributed by atoms with van der Waals surface area (Å²) >= 11 is 0. The van der Waals surface area contributed by atoms with Gasteiger partial charge in [-0.05, 0) is 50.2 Å². The highest BCUT2D eigenvalue weighted by Crippen LogP contribution is 2.51. The number of piperidine rings is 1. The lowest BCUT2D eigenvalue weighted by Crippen LogP contribution is -2.60. The van der Waals surface area contributed by atoms with Crippen molar-refractivity contribution in [1.82, 2.24) is 10.2 Å². The number of nitrogens with one attached hydrogen (secondary N) is 1. The summed E-state index contributed by atoms with van der Waals surface area (Å²) in [5.74, 6) is -0.860. The van der Waals surface area contributed by atoms with Crippen LogP contribution in [0, 0.1) is 17.3 Å². The average molecular weight is 553 g/mol. The van der Waals surface area contributed by atoms with Gasteiger partial charge >= 0.3 is 5.97 Å². The first-order valence-corrected chi connectivity index (χ1v) is 15.5. The molecular formula is C33H48N2O5. The molecule has 1 saturated carbocycles. The van der Waals surface area contributed by atoms with E-state index in [1.54, 1.807) is 0 Å². The summed E-state index contributed by atoms with van der Waals surface area (Å²) in [6, 6.07) is 9.72. The highest BCUT2D eigenvalue weighted by molar-refractivity contribution is 5.92. The summed E-state index contributed by atoms with van der Waals surface area (Å²) in [5, 5.41) is 2.96. The van der Waals surface area contributed by atoms with E-state index in [2.05, 4.69) is 18.3 Å². The van der Waals surface area contributed by atoms with E-state index >= 15 is 0 Å². The van der Waals surface area contributed by atoms with Crippen LogP contribution in [0.2, 0.25) is 0 Å². The number of likely N-dealkylation sites (tertiary alicyclic amines) is 1. The fraction of sp³-hybridized carbons (Fsp3) is 0.667. The molecule has 2 aliphatic heterocycles. The van der Waals surface area contributed by atoms with E-state index < -0.39 is 17.4 Å². The van der Waals surface area contributed by atoms with Crippen LogP contribution in [0.5, 0.6) is 0 Å². The van der Waals surface area contributed by atoms with E-state index in [1.807, 2.05) is 42.2 Å². The molecule has 2 heterocycles. The molecule has 7 nitrogen and oxygen atoms in total. The van der Waals surface area contributed by atoms with Gasteiger partial charge in [-0.2, -0.15) is 0 Å². The van der Waals surface area contributed by atoms with Gasteiger partial charge in [-0.15, -0.1) is 0 Å². The third-order valence-corrected chi connectivity index (χ3v) is 9.22. The van der Waals surface area contributed by atoms with Crippen LogP contribution >= 0.6 is 0 Å². The van der Waals surface area contributed by atoms with Gasteiger partial charge in [-0.3, -0.25) is 14.4 Å². The van der Waals surface area contributed by atoms with Gasteiger partial charge in [0.2, 0.25) is 11.8 Å². The highest BCUT2D eigenvalue weighted by Gasteiger charge is 2.59. The van der Waals surface area contributed by atoms with Crippen molar-refractivity contribution in [3.63, 3.8) is 0 Å². The maximum Gasteiger partial charge on any atom is 0.320 e. The Labute approximate surface area is 240 Å². The largest absolute Gasteiger partial charge is 0.468 e. The molecule has 0 bridgehead atoms. The smallest absolute Gasteiger partial charge is 0.320 e. The topological polar surface area (TPSA) is 84.9 Å². The van der Waals surface area contributed by atoms with Crippen LogP contribution in [0.15, 0.2) is 42.1 Å². The molecule has 0 spiro atoms. The van der Waals surface area contributed by atoms with Crippen molar-refractivity contribution in [3.8, 4) is 0 Å². The molecule has 0 aromatic heterocycles. The SMILES string of the molecule is CCCCCCCCN1C(=O)[C@@H](CC(=O)NCc2ccccc2)C[C@@]2(C(=O)OC)C1=C[C@H](C1CCCC1)O[C@@H]2C. The Kier molecular flexibility index (Phi) is 10.8. The van der Waals surface area contributed by atoms with Gasteiger partial charge in [0, 0.05) is 31.1 Å². The van der Waals surface area contributed by atoms with E-state index in [0.29, 0.717) is 19.0 Å². The lowest BCUT2D eigenvalue weighted by atomic mass is 9.66. The molecule has 1 aromatic rings. The molecule has 2 fully saturated rings. The minimum atomic E-state index is -1.11. The predicted molar refractivity (Wildman–Crippen MR) is 155 cm³/mol. The first-order chi connectivity index (χ1) is 19.4. The number of ether oxygens (including phenoxy) is 2. The van der Waals surface area contributed by atoms with E-state index in [-0.39, 0.29) is 36.7 Å². The fourth-order valence-electron chi connectivity index (χ4n) is 6.92. The number of carbonyl (C=O) groups is 3. The Bertz CT molecular complexity index is 1030. The zero-order valence-corrected chi connectivity index (χ0v) is 24.7. The number of nitrogens with zero attached hydrogens (tertiary/aromatic N) is 1. The van der Waals surface area contributed by atoms with Crippen LogP contribution in [0.25, 0.3) is 0 Å².